The molecule has 1 aliphatic rings. The van der Waals surface area contributed by atoms with Gasteiger partial charge in [0.1, 0.15) is 12.6 Å². The molecule has 0 saturated heterocycles. The minimum absolute atomic E-state index is 0.00488. The Morgan fingerprint density at radius 2 is 1.60 bits per heavy atom. The molecule has 42 heavy (non-hydrogen) atoms. The van der Waals surface area contributed by atoms with E-state index in [2.05, 4.69) is 5.32 Å². The Balaban J connectivity index is 1.71. The second-order valence-electron chi connectivity index (χ2n) is 10.9. The second-order valence-corrected chi connectivity index (χ2v) is 13.6. The zero-order valence-electron chi connectivity index (χ0n) is 24.1. The summed E-state index contributed by atoms with van der Waals surface area (Å²) in [6.45, 7) is 5.03. The van der Waals surface area contributed by atoms with Gasteiger partial charge in [0.2, 0.25) is 11.8 Å². The maximum atomic E-state index is 14.1. The minimum Gasteiger partial charge on any atom is -0.352 e. The molecule has 224 valence electrons. The van der Waals surface area contributed by atoms with E-state index in [0.717, 1.165) is 53.1 Å². The number of anilines is 1. The molecule has 7 nitrogen and oxygen atoms in total. The minimum atomic E-state index is -4.24. The number of hydrogen-bond donors (Lipinski definition) is 1. The van der Waals surface area contributed by atoms with Gasteiger partial charge in [-0.15, -0.1) is 0 Å². The van der Waals surface area contributed by atoms with E-state index < -0.39 is 28.5 Å². The first kappa shape index (κ1) is 31.9. The fraction of sp³-hybridized carbons (Fsp3) is 0.375. The third-order valence-electron chi connectivity index (χ3n) is 7.64. The largest absolute Gasteiger partial charge is 0.352 e. The van der Waals surface area contributed by atoms with Gasteiger partial charge in [-0.25, -0.2) is 8.42 Å². The molecular weight excluding hydrogens is 593 g/mol. The van der Waals surface area contributed by atoms with Crippen molar-refractivity contribution in [3.63, 3.8) is 0 Å². The summed E-state index contributed by atoms with van der Waals surface area (Å²) in [5, 5.41) is 3.28. The van der Waals surface area contributed by atoms with E-state index in [4.69, 9.17) is 23.2 Å². The molecule has 0 spiro atoms. The number of carbonyl (C=O) groups excluding carboxylic acids is 2. The molecule has 0 aromatic heterocycles. The fourth-order valence-corrected chi connectivity index (χ4v) is 7.07. The number of rotatable bonds is 10. The Hall–Kier alpha value is -3.07. The highest BCUT2D eigenvalue weighted by atomic mass is 35.5. The first-order valence-electron chi connectivity index (χ1n) is 14.2. The summed E-state index contributed by atoms with van der Waals surface area (Å²) in [6.07, 6.45) is 5.06. The maximum Gasteiger partial charge on any atom is 0.264 e. The van der Waals surface area contributed by atoms with Gasteiger partial charge in [0.25, 0.3) is 10.0 Å². The van der Waals surface area contributed by atoms with Crippen LogP contribution in [0.1, 0.15) is 55.7 Å². The number of amides is 2. The monoisotopic (exact) mass is 629 g/mol. The summed E-state index contributed by atoms with van der Waals surface area (Å²) in [5.41, 5.74) is 2.80. The van der Waals surface area contributed by atoms with Crippen LogP contribution >= 0.6 is 23.2 Å². The molecule has 10 heteroatoms. The SMILES string of the molecule is Cc1ccc(S(=O)(=O)N(CC(=O)N(Cc2cccc(C)c2)[C@@H](C)C(=O)NC2CCCCC2)c2cccc(Cl)c2Cl)cc1. The van der Waals surface area contributed by atoms with Crippen molar-refractivity contribution in [3.8, 4) is 0 Å². The topological polar surface area (TPSA) is 86.8 Å². The normalized spacial score (nSPS) is 14.7. The van der Waals surface area contributed by atoms with Crippen LogP contribution in [-0.2, 0) is 26.2 Å². The van der Waals surface area contributed by atoms with Gasteiger partial charge in [0.05, 0.1) is 20.6 Å². The second kappa shape index (κ2) is 13.9. The van der Waals surface area contributed by atoms with Crippen molar-refractivity contribution in [3.05, 3.63) is 93.5 Å². The number of benzene rings is 3. The zero-order chi connectivity index (χ0) is 30.4. The van der Waals surface area contributed by atoms with Gasteiger partial charge in [-0.2, -0.15) is 0 Å². The fourth-order valence-electron chi connectivity index (χ4n) is 5.19. The van der Waals surface area contributed by atoms with Crippen LogP contribution in [0.15, 0.2) is 71.6 Å². The van der Waals surface area contributed by atoms with E-state index in [1.807, 2.05) is 38.1 Å². The van der Waals surface area contributed by atoms with Gasteiger partial charge >= 0.3 is 0 Å². The molecule has 4 rings (SSSR count). The molecule has 1 saturated carbocycles. The summed E-state index contributed by atoms with van der Waals surface area (Å²) < 4.78 is 29.0. The van der Waals surface area contributed by atoms with Crippen molar-refractivity contribution < 1.29 is 18.0 Å². The molecule has 1 fully saturated rings. The molecule has 3 aromatic rings. The van der Waals surface area contributed by atoms with Gasteiger partial charge < -0.3 is 10.2 Å². The van der Waals surface area contributed by atoms with Crippen molar-refractivity contribution >= 4 is 50.7 Å². The predicted octanol–water partition coefficient (Wildman–Crippen LogP) is 6.67. The van der Waals surface area contributed by atoms with Crippen LogP contribution in [0.5, 0.6) is 0 Å². The van der Waals surface area contributed by atoms with Crippen molar-refractivity contribution in [2.45, 2.75) is 76.4 Å². The molecule has 3 aromatic carbocycles. The van der Waals surface area contributed by atoms with Crippen LogP contribution < -0.4 is 9.62 Å². The van der Waals surface area contributed by atoms with Gasteiger partial charge in [0, 0.05) is 12.6 Å². The summed E-state index contributed by atoms with van der Waals surface area (Å²) in [6, 6.07) is 17.9. The average molecular weight is 631 g/mol. The van der Waals surface area contributed by atoms with E-state index in [0.29, 0.717) is 0 Å². The number of aryl methyl sites for hydroxylation is 2. The lowest BCUT2D eigenvalue weighted by atomic mass is 9.95. The maximum absolute atomic E-state index is 14.1. The third-order valence-corrected chi connectivity index (χ3v) is 10.2. The number of halogens is 2. The van der Waals surface area contributed by atoms with E-state index in [1.165, 1.54) is 23.1 Å². The number of sulfonamides is 1. The van der Waals surface area contributed by atoms with Crippen LogP contribution in [0.2, 0.25) is 10.0 Å². The molecule has 0 aliphatic heterocycles. The summed E-state index contributed by atoms with van der Waals surface area (Å²) in [5.74, 6) is -0.814. The van der Waals surface area contributed by atoms with Crippen molar-refractivity contribution in [2.24, 2.45) is 0 Å². The lowest BCUT2D eigenvalue weighted by molar-refractivity contribution is -0.139. The Labute approximate surface area is 258 Å². The van der Waals surface area contributed by atoms with Crippen LogP contribution in [0, 0.1) is 13.8 Å². The predicted molar refractivity (Wildman–Crippen MR) is 168 cm³/mol. The molecule has 1 N–H and O–H groups in total. The van der Waals surface area contributed by atoms with E-state index >= 15 is 0 Å². The lowest BCUT2D eigenvalue weighted by Crippen LogP contribution is -2.53. The first-order chi connectivity index (χ1) is 20.0. The van der Waals surface area contributed by atoms with Crippen LogP contribution in [0.25, 0.3) is 0 Å². The van der Waals surface area contributed by atoms with Gasteiger partial charge in [0.15, 0.2) is 0 Å². The Morgan fingerprint density at radius 3 is 2.26 bits per heavy atom. The number of nitrogens with zero attached hydrogens (tertiary/aromatic N) is 2. The van der Waals surface area contributed by atoms with E-state index in [9.17, 15) is 18.0 Å². The summed E-state index contributed by atoms with van der Waals surface area (Å²) in [7, 11) is -4.24. The van der Waals surface area contributed by atoms with Gasteiger partial charge in [-0.3, -0.25) is 13.9 Å². The number of carbonyl (C=O) groups is 2. The van der Waals surface area contributed by atoms with Gasteiger partial charge in [-0.05, 0) is 63.4 Å². The molecule has 0 radical (unpaired) electrons. The van der Waals surface area contributed by atoms with Crippen LogP contribution in [0.4, 0.5) is 5.69 Å². The molecule has 1 aliphatic carbocycles. The highest BCUT2D eigenvalue weighted by Crippen LogP contribution is 2.35. The van der Waals surface area contributed by atoms with E-state index in [1.54, 1.807) is 31.2 Å². The highest BCUT2D eigenvalue weighted by molar-refractivity contribution is 7.92. The lowest BCUT2D eigenvalue weighted by Gasteiger charge is -2.33. The van der Waals surface area contributed by atoms with Crippen molar-refractivity contribution in [1.82, 2.24) is 10.2 Å². The van der Waals surface area contributed by atoms with Crippen molar-refractivity contribution in [2.75, 3.05) is 10.8 Å². The van der Waals surface area contributed by atoms with Crippen LogP contribution in [0.3, 0.4) is 0 Å². The first-order valence-corrected chi connectivity index (χ1v) is 16.4. The summed E-state index contributed by atoms with van der Waals surface area (Å²) in [4.78, 5) is 29.0. The van der Waals surface area contributed by atoms with Crippen LogP contribution in [-0.4, -0.2) is 43.8 Å². The Kier molecular flexibility index (Phi) is 10.6. The molecule has 2 amide bonds. The quantitative estimate of drug-likeness (QED) is 0.271. The molecular formula is C32H37Cl2N3O4S. The van der Waals surface area contributed by atoms with Gasteiger partial charge in [-0.1, -0.05) is 96.1 Å². The highest BCUT2D eigenvalue weighted by Gasteiger charge is 2.34. The molecule has 0 unspecified atom stereocenters. The Morgan fingerprint density at radius 1 is 0.929 bits per heavy atom. The summed E-state index contributed by atoms with van der Waals surface area (Å²) >= 11 is 12.8. The van der Waals surface area contributed by atoms with Crippen molar-refractivity contribution in [1.29, 1.82) is 0 Å². The standard InChI is InChI=1S/C32H37Cl2N3O4S/c1-22-15-17-27(18-16-22)42(40,41)37(29-14-8-13-28(33)31(29)34)21-30(38)36(20-25-10-7-9-23(2)19-25)24(3)32(39)35-26-11-5-4-6-12-26/h7-10,13-19,24,26H,4-6,11-12,20-21H2,1-3H3,(H,35,39)/t24-/m0/s1. The number of hydrogen-bond acceptors (Lipinski definition) is 4. The molecule has 0 heterocycles. The Bertz CT molecular complexity index is 1520. The third kappa shape index (κ3) is 7.65. The zero-order valence-corrected chi connectivity index (χ0v) is 26.5. The smallest absolute Gasteiger partial charge is 0.264 e. The number of nitrogens with one attached hydrogen (secondary N) is 1. The molecule has 1 atom stereocenters. The average Bonchev–Trinajstić information content (AvgIpc) is 2.96. The molecule has 0 bridgehead atoms. The van der Waals surface area contributed by atoms with E-state index in [-0.39, 0.29) is 39.1 Å².